The Hall–Kier alpha value is -1.51. The molecule has 1 spiro atoms. The molecule has 0 amide bonds. The smallest absolute Gasteiger partial charge is 0.313 e. The van der Waals surface area contributed by atoms with Crippen LogP contribution in [0.4, 0.5) is 0 Å². The molecule has 7 nitrogen and oxygen atoms in total. The van der Waals surface area contributed by atoms with Gasteiger partial charge in [0.1, 0.15) is 6.10 Å². The Morgan fingerprint density at radius 3 is 2.34 bits per heavy atom. The summed E-state index contributed by atoms with van der Waals surface area (Å²) in [6, 6.07) is 0. The van der Waals surface area contributed by atoms with E-state index in [1.807, 2.05) is 14.2 Å². The first kappa shape index (κ1) is 47.5. The first-order chi connectivity index (χ1) is 29.1. The number of fused-ring (bicyclic) bond motifs is 2. The van der Waals surface area contributed by atoms with Crippen molar-refractivity contribution in [2.75, 3.05) is 14.2 Å². The molecule has 3 saturated carbocycles. The Morgan fingerprint density at radius 2 is 1.61 bits per heavy atom. The van der Waals surface area contributed by atoms with E-state index >= 15 is 0 Å². The van der Waals surface area contributed by atoms with Gasteiger partial charge in [0.05, 0.1) is 42.5 Å². The lowest BCUT2D eigenvalue weighted by Crippen LogP contribution is -2.55. The van der Waals surface area contributed by atoms with Crippen LogP contribution in [0.25, 0.3) is 0 Å². The third-order valence-electron chi connectivity index (χ3n) is 18.4. The zero-order valence-corrected chi connectivity index (χ0v) is 40.6. The van der Waals surface area contributed by atoms with Crippen molar-refractivity contribution in [1.82, 2.24) is 0 Å². The molecule has 0 aromatic heterocycles. The molecule has 7 rings (SSSR count). The van der Waals surface area contributed by atoms with Crippen molar-refractivity contribution >= 4 is 5.97 Å². The summed E-state index contributed by atoms with van der Waals surface area (Å²) >= 11 is 0. The van der Waals surface area contributed by atoms with E-state index in [1.54, 1.807) is 0 Å². The summed E-state index contributed by atoms with van der Waals surface area (Å²) in [7, 11) is 3.76. The van der Waals surface area contributed by atoms with Crippen molar-refractivity contribution in [1.29, 1.82) is 0 Å². The van der Waals surface area contributed by atoms with Crippen molar-refractivity contribution in [3.05, 3.63) is 35.5 Å². The van der Waals surface area contributed by atoms with E-state index in [1.165, 1.54) is 24.0 Å². The van der Waals surface area contributed by atoms with Crippen LogP contribution in [0.5, 0.6) is 0 Å². The van der Waals surface area contributed by atoms with Crippen LogP contribution in [0.3, 0.4) is 0 Å². The quantitative estimate of drug-likeness (QED) is 0.178. The van der Waals surface area contributed by atoms with Crippen LogP contribution >= 0.6 is 0 Å². The Morgan fingerprint density at radius 1 is 0.836 bits per heavy atom. The van der Waals surface area contributed by atoms with Gasteiger partial charge in [-0.2, -0.15) is 0 Å². The molecule has 7 heteroatoms. The number of methoxy groups -OCH3 is 2. The van der Waals surface area contributed by atoms with Gasteiger partial charge >= 0.3 is 5.97 Å². The average Bonchev–Trinajstić information content (AvgIpc) is 3.66. The zero-order chi connectivity index (χ0) is 43.7. The summed E-state index contributed by atoms with van der Waals surface area (Å²) in [5.41, 5.74) is 2.77. The van der Waals surface area contributed by atoms with Gasteiger partial charge in [0.15, 0.2) is 5.79 Å². The number of rotatable bonds is 8. The lowest BCUT2D eigenvalue weighted by molar-refractivity contribution is -0.342. The first-order valence-corrected chi connectivity index (χ1v) is 25.5. The largest absolute Gasteiger partial charge is 0.462 e. The molecule has 0 N–H and O–H groups in total. The Kier molecular flexibility index (Phi) is 15.8. The highest BCUT2D eigenvalue weighted by Gasteiger charge is 2.52. The molecule has 346 valence electrons. The topological polar surface area (TPSA) is 72.5 Å². The summed E-state index contributed by atoms with van der Waals surface area (Å²) in [5.74, 6) is 4.69. The molecule has 4 aliphatic carbocycles. The molecule has 2 bridgehead atoms. The highest BCUT2D eigenvalue weighted by molar-refractivity contribution is 5.76. The molecular formula is C54H88O7. The van der Waals surface area contributed by atoms with Gasteiger partial charge in [0.2, 0.25) is 0 Å². The molecule has 61 heavy (non-hydrogen) atoms. The van der Waals surface area contributed by atoms with E-state index in [0.29, 0.717) is 71.5 Å². The van der Waals surface area contributed by atoms with Gasteiger partial charge in [0.25, 0.3) is 0 Å². The fraction of sp³-hybridized carbons (Fsp3) is 0.870. The molecule has 10 unspecified atom stereocenters. The van der Waals surface area contributed by atoms with Gasteiger partial charge in [-0.1, -0.05) is 104 Å². The molecule has 5 fully saturated rings. The predicted octanol–water partition coefficient (Wildman–Crippen LogP) is 12.3. The van der Waals surface area contributed by atoms with Crippen molar-refractivity contribution < 1.29 is 33.2 Å². The maximum atomic E-state index is 14.5. The highest BCUT2D eigenvalue weighted by atomic mass is 16.7. The van der Waals surface area contributed by atoms with Crippen LogP contribution in [-0.4, -0.2) is 68.7 Å². The highest BCUT2D eigenvalue weighted by Crippen LogP contribution is 2.52. The van der Waals surface area contributed by atoms with Crippen molar-refractivity contribution in [3.63, 3.8) is 0 Å². The molecule has 3 heterocycles. The summed E-state index contributed by atoms with van der Waals surface area (Å²) in [4.78, 5) is 14.5. The number of hydrogen-bond donors (Lipinski definition) is 0. The molecule has 3 aliphatic heterocycles. The van der Waals surface area contributed by atoms with Crippen molar-refractivity contribution in [3.8, 4) is 0 Å². The molecule has 21 atom stereocenters. The van der Waals surface area contributed by atoms with Gasteiger partial charge in [-0.15, -0.1) is 0 Å². The normalized spacial score (nSPS) is 49.2. The molecule has 0 aromatic carbocycles. The summed E-state index contributed by atoms with van der Waals surface area (Å²) in [6.45, 7) is 23.6. The minimum atomic E-state index is -0.698. The van der Waals surface area contributed by atoms with E-state index in [9.17, 15) is 4.79 Å². The van der Waals surface area contributed by atoms with Gasteiger partial charge in [-0.05, 0) is 130 Å². The Bertz CT molecular complexity index is 1550. The fourth-order valence-corrected chi connectivity index (χ4v) is 14.1. The minimum absolute atomic E-state index is 0.00795. The SMILES string of the molecule is CC[C@H](C)[C@@H]1OC2(CC[C@@H]1C)C[C@@H]1C[C@@H](CCC(C)C(CC3C[C@@H](C)C(OC4C[C@@H](C)[C@@H](C)[C@@H](OC)C4)[C@H](OC)C3)[C@@H](C)/C=C/C=C3\CCC4C(C)C(C)=CC(C(=O)O1)C34)O2. The molecule has 2 saturated heterocycles. The van der Waals surface area contributed by atoms with E-state index in [0.717, 1.165) is 70.6 Å². The molecule has 0 aromatic rings. The Labute approximate surface area is 372 Å². The van der Waals surface area contributed by atoms with Crippen LogP contribution in [0.1, 0.15) is 159 Å². The third kappa shape index (κ3) is 10.5. The first-order valence-electron chi connectivity index (χ1n) is 25.5. The number of carbonyl (C=O) groups excluding carboxylic acids is 1. The Balaban J connectivity index is 1.14. The fourth-order valence-electron chi connectivity index (χ4n) is 14.1. The number of hydrogen-bond acceptors (Lipinski definition) is 7. The monoisotopic (exact) mass is 849 g/mol. The van der Waals surface area contributed by atoms with Crippen LogP contribution in [-0.2, 0) is 33.2 Å². The lowest BCUT2D eigenvalue weighted by atomic mass is 9.68. The second-order valence-corrected chi connectivity index (χ2v) is 22.4. The molecule has 0 radical (unpaired) electrons. The number of allylic oxidation sites excluding steroid dienone is 5. The second kappa shape index (κ2) is 20.3. The third-order valence-corrected chi connectivity index (χ3v) is 18.4. The van der Waals surface area contributed by atoms with Crippen LogP contribution in [0.2, 0.25) is 0 Å². The maximum absolute atomic E-state index is 14.5. The lowest BCUT2D eigenvalue weighted by Gasteiger charge is -2.51. The van der Waals surface area contributed by atoms with Crippen LogP contribution in [0, 0.1) is 76.9 Å². The number of esters is 1. The van der Waals surface area contributed by atoms with Crippen LogP contribution in [0.15, 0.2) is 35.5 Å². The summed E-state index contributed by atoms with van der Waals surface area (Å²) in [5, 5.41) is 0. The van der Waals surface area contributed by atoms with Crippen LogP contribution < -0.4 is 0 Å². The molecule has 7 aliphatic rings. The standard InChI is InChI=1S/C54H88O7/c1-13-31(2)51-34(5)21-22-54(61-51)30-44-28-42(60-54)19-17-33(4)46(32(3)15-14-16-41-18-20-45-38(9)36(7)25-47(50(41)45)53(55)59-44)26-40-23-37(8)52(49(27-40)57-12)58-43-24-35(6)39(10)48(29-43)56-11/h14-16,25,31-35,37-40,42-52H,13,17-24,26-30H2,1-12H3/b15-14+,41-16+/t31-,32-,33?,34-,35+,37+,38?,39+,40?,42+,43?,44-,45?,46?,47?,48-,49+,50?,51-,52?,54?/m0/s1. The van der Waals surface area contributed by atoms with E-state index in [4.69, 9.17) is 28.4 Å². The zero-order valence-electron chi connectivity index (χ0n) is 40.6. The summed E-state index contributed by atoms with van der Waals surface area (Å²) < 4.78 is 40.4. The molecular weight excluding hydrogens is 761 g/mol. The average molecular weight is 849 g/mol. The van der Waals surface area contributed by atoms with Gasteiger partial charge in [-0.3, -0.25) is 4.79 Å². The van der Waals surface area contributed by atoms with Crippen molar-refractivity contribution in [2.24, 2.45) is 76.9 Å². The predicted molar refractivity (Wildman–Crippen MR) is 245 cm³/mol. The second-order valence-electron chi connectivity index (χ2n) is 22.4. The number of ether oxygens (including phenoxy) is 6. The number of carbonyl (C=O) groups is 1. The maximum Gasteiger partial charge on any atom is 0.313 e. The van der Waals surface area contributed by atoms with E-state index in [-0.39, 0.29) is 60.5 Å². The van der Waals surface area contributed by atoms with Gasteiger partial charge < -0.3 is 28.4 Å². The van der Waals surface area contributed by atoms with Crippen molar-refractivity contribution in [2.45, 2.75) is 208 Å². The van der Waals surface area contributed by atoms with Gasteiger partial charge in [-0.25, -0.2) is 0 Å². The summed E-state index contributed by atoms with van der Waals surface area (Å²) in [6.07, 6.45) is 24.2. The van der Waals surface area contributed by atoms with Gasteiger partial charge in [0, 0.05) is 45.8 Å². The van der Waals surface area contributed by atoms with E-state index < -0.39 is 5.79 Å². The van der Waals surface area contributed by atoms with E-state index in [2.05, 4.69) is 93.5 Å². The minimum Gasteiger partial charge on any atom is -0.462 e.